The van der Waals surface area contributed by atoms with E-state index in [0.717, 1.165) is 11.3 Å². The van der Waals surface area contributed by atoms with E-state index in [1.165, 1.54) is 12.1 Å². The molecule has 0 aliphatic carbocycles. The first-order valence-corrected chi connectivity index (χ1v) is 7.93. The molecule has 2 aromatic carbocycles. The van der Waals surface area contributed by atoms with E-state index in [-0.39, 0.29) is 18.5 Å². The van der Waals surface area contributed by atoms with Gasteiger partial charge in [-0.05, 0) is 62.7 Å². The lowest BCUT2D eigenvalue weighted by molar-refractivity contribution is -0.123. The number of ether oxygens (including phenoxy) is 2. The average molecular weight is 344 g/mol. The maximum Gasteiger partial charge on any atom is 0.277 e. The maximum absolute atomic E-state index is 13.4. The number of halogens is 1. The van der Waals surface area contributed by atoms with Crippen molar-refractivity contribution in [3.63, 3.8) is 0 Å². The standard InChI is InChI=1S/C19H21FN2O3/c1-13(2)25-16-10-8-15(9-11-16)14(3)21-22-19(23)12-24-18-7-5-4-6-17(18)20/h4-11,13H,12H2,1-3H3,(H,22,23)/b21-14-. The van der Waals surface area contributed by atoms with Gasteiger partial charge in [-0.1, -0.05) is 12.1 Å². The molecule has 6 heteroatoms. The molecule has 0 fully saturated rings. The summed E-state index contributed by atoms with van der Waals surface area (Å²) < 4.78 is 24.1. The fourth-order valence-electron chi connectivity index (χ4n) is 1.99. The molecule has 0 bridgehead atoms. The molecular formula is C19H21FN2O3. The number of nitrogens with one attached hydrogen (secondary N) is 1. The monoisotopic (exact) mass is 344 g/mol. The molecule has 0 saturated carbocycles. The summed E-state index contributed by atoms with van der Waals surface area (Å²) in [4.78, 5) is 11.8. The lowest BCUT2D eigenvalue weighted by Crippen LogP contribution is -2.25. The lowest BCUT2D eigenvalue weighted by Gasteiger charge is -2.10. The molecule has 0 spiro atoms. The van der Waals surface area contributed by atoms with Gasteiger partial charge in [-0.3, -0.25) is 4.79 Å². The summed E-state index contributed by atoms with van der Waals surface area (Å²) in [6.07, 6.45) is 0.106. The van der Waals surface area contributed by atoms with E-state index >= 15 is 0 Å². The van der Waals surface area contributed by atoms with Gasteiger partial charge in [0.2, 0.25) is 0 Å². The number of para-hydroxylation sites is 1. The van der Waals surface area contributed by atoms with Gasteiger partial charge in [0.1, 0.15) is 5.75 Å². The third-order valence-corrected chi connectivity index (χ3v) is 3.19. The summed E-state index contributed by atoms with van der Waals surface area (Å²) in [5.41, 5.74) is 3.88. The quantitative estimate of drug-likeness (QED) is 0.617. The van der Waals surface area contributed by atoms with Gasteiger partial charge in [0.15, 0.2) is 18.2 Å². The number of amides is 1. The Morgan fingerprint density at radius 1 is 1.16 bits per heavy atom. The van der Waals surface area contributed by atoms with E-state index in [2.05, 4.69) is 10.5 Å². The van der Waals surface area contributed by atoms with Gasteiger partial charge < -0.3 is 9.47 Å². The van der Waals surface area contributed by atoms with Crippen LogP contribution in [0, 0.1) is 5.82 Å². The lowest BCUT2D eigenvalue weighted by atomic mass is 10.1. The van der Waals surface area contributed by atoms with Gasteiger partial charge in [-0.25, -0.2) is 9.82 Å². The van der Waals surface area contributed by atoms with Crippen LogP contribution in [0.3, 0.4) is 0 Å². The van der Waals surface area contributed by atoms with Crippen LogP contribution >= 0.6 is 0 Å². The van der Waals surface area contributed by atoms with Crippen molar-refractivity contribution in [2.45, 2.75) is 26.9 Å². The highest BCUT2D eigenvalue weighted by atomic mass is 19.1. The number of carbonyl (C=O) groups excluding carboxylic acids is 1. The van der Waals surface area contributed by atoms with E-state index in [4.69, 9.17) is 9.47 Å². The Labute approximate surface area is 146 Å². The zero-order valence-electron chi connectivity index (χ0n) is 14.5. The summed E-state index contributed by atoms with van der Waals surface area (Å²) in [5.74, 6) is -0.186. The fourth-order valence-corrected chi connectivity index (χ4v) is 1.99. The molecule has 25 heavy (non-hydrogen) atoms. The first-order valence-electron chi connectivity index (χ1n) is 7.93. The predicted octanol–water partition coefficient (Wildman–Crippen LogP) is 3.53. The average Bonchev–Trinajstić information content (AvgIpc) is 2.59. The molecular weight excluding hydrogens is 323 g/mol. The van der Waals surface area contributed by atoms with Gasteiger partial charge in [-0.2, -0.15) is 5.10 Å². The third kappa shape index (κ3) is 5.91. The molecule has 0 aliphatic heterocycles. The molecule has 1 N–H and O–H groups in total. The summed E-state index contributed by atoms with van der Waals surface area (Å²) >= 11 is 0. The molecule has 1 amide bonds. The highest BCUT2D eigenvalue weighted by molar-refractivity contribution is 5.99. The van der Waals surface area contributed by atoms with Crippen molar-refractivity contribution in [3.05, 3.63) is 59.9 Å². The minimum Gasteiger partial charge on any atom is -0.491 e. The van der Waals surface area contributed by atoms with Crippen molar-refractivity contribution in [1.29, 1.82) is 0 Å². The maximum atomic E-state index is 13.4. The number of rotatable bonds is 7. The van der Waals surface area contributed by atoms with Crippen LogP contribution < -0.4 is 14.9 Å². The molecule has 0 aliphatic rings. The first kappa shape index (κ1) is 18.4. The minimum absolute atomic E-state index is 0.0269. The van der Waals surface area contributed by atoms with Gasteiger partial charge in [-0.15, -0.1) is 0 Å². The number of nitrogens with zero attached hydrogens (tertiary/aromatic N) is 1. The summed E-state index contributed by atoms with van der Waals surface area (Å²) in [5, 5.41) is 4.02. The molecule has 0 saturated heterocycles. The topological polar surface area (TPSA) is 59.9 Å². The Balaban J connectivity index is 1.87. The summed E-state index contributed by atoms with van der Waals surface area (Å²) in [6, 6.07) is 13.3. The van der Waals surface area contributed by atoms with Crippen molar-refractivity contribution in [2.75, 3.05) is 6.61 Å². The normalized spacial score (nSPS) is 11.3. The van der Waals surface area contributed by atoms with E-state index in [1.807, 2.05) is 38.1 Å². The SMILES string of the molecule is C/C(=N/NC(=O)COc1ccccc1F)c1ccc(OC(C)C)cc1. The highest BCUT2D eigenvalue weighted by Gasteiger charge is 2.06. The van der Waals surface area contributed by atoms with Crippen molar-refractivity contribution < 1.29 is 18.7 Å². The molecule has 0 radical (unpaired) electrons. The second kappa shape index (κ2) is 8.82. The van der Waals surface area contributed by atoms with Gasteiger partial charge in [0, 0.05) is 0 Å². The fraction of sp³-hybridized carbons (Fsp3) is 0.263. The largest absolute Gasteiger partial charge is 0.491 e. The third-order valence-electron chi connectivity index (χ3n) is 3.19. The number of benzene rings is 2. The van der Waals surface area contributed by atoms with Gasteiger partial charge >= 0.3 is 0 Å². The number of carbonyl (C=O) groups is 1. The van der Waals surface area contributed by atoms with Crippen molar-refractivity contribution >= 4 is 11.6 Å². The van der Waals surface area contributed by atoms with Crippen molar-refractivity contribution in [3.8, 4) is 11.5 Å². The van der Waals surface area contributed by atoms with Gasteiger partial charge in [0.05, 0.1) is 11.8 Å². The Morgan fingerprint density at radius 3 is 2.48 bits per heavy atom. The van der Waals surface area contributed by atoms with Crippen molar-refractivity contribution in [2.24, 2.45) is 5.10 Å². The molecule has 0 unspecified atom stereocenters. The van der Waals surface area contributed by atoms with Crippen LogP contribution in [-0.4, -0.2) is 24.3 Å². The number of hydrogen-bond donors (Lipinski definition) is 1. The molecule has 0 atom stereocenters. The zero-order valence-corrected chi connectivity index (χ0v) is 14.5. The first-order chi connectivity index (χ1) is 12.0. The van der Waals surface area contributed by atoms with Crippen molar-refractivity contribution in [1.82, 2.24) is 5.43 Å². The van der Waals surface area contributed by atoms with Crippen LogP contribution in [0.2, 0.25) is 0 Å². The molecule has 2 aromatic rings. The Bertz CT molecular complexity index is 743. The Kier molecular flexibility index (Phi) is 6.51. The minimum atomic E-state index is -0.515. The zero-order chi connectivity index (χ0) is 18.2. The van der Waals surface area contributed by atoms with Crippen LogP contribution in [0.15, 0.2) is 53.6 Å². The van der Waals surface area contributed by atoms with Crippen LogP contribution in [-0.2, 0) is 4.79 Å². The molecule has 0 heterocycles. The summed E-state index contributed by atoms with van der Waals surface area (Å²) in [7, 11) is 0. The Morgan fingerprint density at radius 2 is 1.84 bits per heavy atom. The number of hydrazone groups is 1. The van der Waals surface area contributed by atoms with Crippen LogP contribution in [0.1, 0.15) is 26.3 Å². The predicted molar refractivity (Wildman–Crippen MR) is 94.5 cm³/mol. The molecule has 5 nitrogen and oxygen atoms in total. The van der Waals surface area contributed by atoms with E-state index in [1.54, 1.807) is 19.1 Å². The van der Waals surface area contributed by atoms with E-state index in [0.29, 0.717) is 5.71 Å². The van der Waals surface area contributed by atoms with E-state index in [9.17, 15) is 9.18 Å². The van der Waals surface area contributed by atoms with Crippen LogP contribution in [0.25, 0.3) is 0 Å². The van der Waals surface area contributed by atoms with E-state index < -0.39 is 11.7 Å². The van der Waals surface area contributed by atoms with Crippen LogP contribution in [0.4, 0.5) is 4.39 Å². The highest BCUT2D eigenvalue weighted by Crippen LogP contribution is 2.15. The summed E-state index contributed by atoms with van der Waals surface area (Å²) in [6.45, 7) is 5.37. The smallest absolute Gasteiger partial charge is 0.277 e. The Hall–Kier alpha value is -2.89. The molecule has 0 aromatic heterocycles. The van der Waals surface area contributed by atoms with Gasteiger partial charge in [0.25, 0.3) is 5.91 Å². The second-order valence-electron chi connectivity index (χ2n) is 5.64. The molecule has 2 rings (SSSR count). The second-order valence-corrected chi connectivity index (χ2v) is 5.64. The van der Waals surface area contributed by atoms with Crippen LogP contribution in [0.5, 0.6) is 11.5 Å². The number of hydrogen-bond acceptors (Lipinski definition) is 4. The molecule has 132 valence electrons.